The van der Waals surface area contributed by atoms with Crippen LogP contribution in [0.4, 0.5) is 0 Å². The van der Waals surface area contributed by atoms with E-state index in [9.17, 15) is 4.79 Å². The van der Waals surface area contributed by atoms with Gasteiger partial charge in [-0.1, -0.05) is 0 Å². The van der Waals surface area contributed by atoms with Crippen LogP contribution in [0.3, 0.4) is 0 Å². The molecule has 1 amide bonds. The Morgan fingerprint density at radius 2 is 2.17 bits per heavy atom. The number of amides is 1. The zero-order valence-corrected chi connectivity index (χ0v) is 14.4. The molecule has 1 aliphatic rings. The van der Waals surface area contributed by atoms with E-state index in [1.54, 1.807) is 0 Å². The van der Waals surface area contributed by atoms with Gasteiger partial charge >= 0.3 is 0 Å². The molecule has 2 aromatic rings. The van der Waals surface area contributed by atoms with E-state index < -0.39 is 0 Å². The standard InChI is InChI=1S/C17H25N5O/c1-5-21(12(2)3)17(23)14-6-7-15-18-19-16(22(15)11-14)13-8-9-20(4)10-13/h6-7,11-13H,5,8-10H2,1-4H3/t13-/m0/s1. The molecular weight excluding hydrogens is 290 g/mol. The third-order valence-electron chi connectivity index (χ3n) is 4.66. The van der Waals surface area contributed by atoms with E-state index in [0.717, 1.165) is 31.0 Å². The summed E-state index contributed by atoms with van der Waals surface area (Å²) in [6, 6.07) is 3.92. The van der Waals surface area contributed by atoms with Crippen LogP contribution < -0.4 is 0 Å². The van der Waals surface area contributed by atoms with Crippen LogP contribution >= 0.6 is 0 Å². The summed E-state index contributed by atoms with van der Waals surface area (Å²) in [7, 11) is 2.12. The average Bonchev–Trinajstić information content (AvgIpc) is 3.12. The van der Waals surface area contributed by atoms with Crippen LogP contribution in [-0.4, -0.2) is 63.0 Å². The van der Waals surface area contributed by atoms with Gasteiger partial charge in [-0.2, -0.15) is 0 Å². The number of likely N-dealkylation sites (N-methyl/N-ethyl adjacent to an activating group) is 1. The Kier molecular flexibility index (Phi) is 4.35. The minimum absolute atomic E-state index is 0.0626. The van der Waals surface area contributed by atoms with Gasteiger partial charge in [-0.25, -0.2) is 0 Å². The van der Waals surface area contributed by atoms with Crippen LogP contribution in [0.5, 0.6) is 0 Å². The molecule has 1 fully saturated rings. The monoisotopic (exact) mass is 315 g/mol. The van der Waals surface area contributed by atoms with Crippen molar-refractivity contribution in [3.8, 4) is 0 Å². The van der Waals surface area contributed by atoms with E-state index in [0.29, 0.717) is 18.0 Å². The maximum absolute atomic E-state index is 12.7. The minimum atomic E-state index is 0.0626. The van der Waals surface area contributed by atoms with E-state index in [1.807, 2.05) is 48.4 Å². The number of hydrogen-bond acceptors (Lipinski definition) is 4. The molecule has 3 heterocycles. The predicted octanol–water partition coefficient (Wildman–Crippen LogP) is 2.02. The molecule has 124 valence electrons. The lowest BCUT2D eigenvalue weighted by molar-refractivity contribution is 0.0716. The van der Waals surface area contributed by atoms with Crippen LogP contribution in [0.1, 0.15) is 49.3 Å². The summed E-state index contributed by atoms with van der Waals surface area (Å²) in [6.45, 7) is 8.87. The van der Waals surface area contributed by atoms with E-state index in [-0.39, 0.29) is 11.9 Å². The molecule has 1 atom stereocenters. The Morgan fingerprint density at radius 3 is 2.78 bits per heavy atom. The second-order valence-corrected chi connectivity index (χ2v) is 6.64. The summed E-state index contributed by atoms with van der Waals surface area (Å²) >= 11 is 0. The second-order valence-electron chi connectivity index (χ2n) is 6.64. The topological polar surface area (TPSA) is 53.7 Å². The zero-order valence-electron chi connectivity index (χ0n) is 14.4. The largest absolute Gasteiger partial charge is 0.336 e. The number of hydrogen-bond donors (Lipinski definition) is 0. The van der Waals surface area contributed by atoms with E-state index in [1.165, 1.54) is 0 Å². The van der Waals surface area contributed by atoms with Crippen molar-refractivity contribution >= 4 is 11.6 Å². The molecule has 0 aromatic carbocycles. The molecule has 0 N–H and O–H groups in total. The first-order valence-corrected chi connectivity index (χ1v) is 8.35. The van der Waals surface area contributed by atoms with Crippen molar-refractivity contribution in [2.45, 2.75) is 39.2 Å². The van der Waals surface area contributed by atoms with Gasteiger partial charge in [0.25, 0.3) is 5.91 Å². The van der Waals surface area contributed by atoms with Crippen molar-refractivity contribution < 1.29 is 4.79 Å². The van der Waals surface area contributed by atoms with Gasteiger partial charge in [-0.3, -0.25) is 9.20 Å². The lowest BCUT2D eigenvalue weighted by Crippen LogP contribution is -2.36. The molecule has 6 heteroatoms. The molecule has 0 unspecified atom stereocenters. The van der Waals surface area contributed by atoms with Crippen LogP contribution in [0.15, 0.2) is 18.3 Å². The number of fused-ring (bicyclic) bond motifs is 1. The Labute approximate surface area is 137 Å². The number of aromatic nitrogens is 3. The van der Waals surface area contributed by atoms with Gasteiger partial charge in [0.2, 0.25) is 0 Å². The van der Waals surface area contributed by atoms with E-state index >= 15 is 0 Å². The van der Waals surface area contributed by atoms with Gasteiger partial charge < -0.3 is 9.80 Å². The quantitative estimate of drug-likeness (QED) is 0.866. The fraction of sp³-hybridized carbons (Fsp3) is 0.588. The summed E-state index contributed by atoms with van der Waals surface area (Å²) in [5.74, 6) is 1.41. The van der Waals surface area contributed by atoms with Gasteiger partial charge in [0, 0.05) is 31.2 Å². The number of pyridine rings is 1. The Balaban J connectivity index is 1.96. The molecule has 0 spiro atoms. The van der Waals surface area contributed by atoms with Gasteiger partial charge in [0.1, 0.15) is 5.82 Å². The molecule has 0 aliphatic carbocycles. The van der Waals surface area contributed by atoms with E-state index in [2.05, 4.69) is 22.1 Å². The molecular formula is C17H25N5O. The fourth-order valence-electron chi connectivity index (χ4n) is 3.37. The van der Waals surface area contributed by atoms with Gasteiger partial charge in [-0.05, 0) is 52.9 Å². The first kappa shape index (κ1) is 15.9. The van der Waals surface area contributed by atoms with Crippen molar-refractivity contribution in [1.82, 2.24) is 24.4 Å². The Morgan fingerprint density at radius 1 is 1.39 bits per heavy atom. The summed E-state index contributed by atoms with van der Waals surface area (Å²) in [5, 5.41) is 8.63. The van der Waals surface area contributed by atoms with Crippen molar-refractivity contribution in [2.75, 3.05) is 26.7 Å². The smallest absolute Gasteiger partial charge is 0.255 e. The molecule has 0 radical (unpaired) electrons. The predicted molar refractivity (Wildman–Crippen MR) is 89.7 cm³/mol. The summed E-state index contributed by atoms with van der Waals surface area (Å²) in [4.78, 5) is 16.9. The van der Waals surface area contributed by atoms with E-state index in [4.69, 9.17) is 0 Å². The summed E-state index contributed by atoms with van der Waals surface area (Å²) in [5.41, 5.74) is 1.50. The Hall–Kier alpha value is -1.95. The third kappa shape index (κ3) is 2.95. The molecule has 0 saturated carbocycles. The van der Waals surface area contributed by atoms with Crippen LogP contribution in [0, 0.1) is 0 Å². The molecule has 1 aliphatic heterocycles. The maximum atomic E-state index is 12.7. The van der Waals surface area contributed by atoms with Crippen molar-refractivity contribution in [3.63, 3.8) is 0 Å². The van der Waals surface area contributed by atoms with Crippen molar-refractivity contribution in [3.05, 3.63) is 29.7 Å². The Bertz CT molecular complexity index is 708. The number of nitrogens with zero attached hydrogens (tertiary/aromatic N) is 5. The molecule has 6 nitrogen and oxygen atoms in total. The lowest BCUT2D eigenvalue weighted by Gasteiger charge is -2.25. The molecule has 23 heavy (non-hydrogen) atoms. The number of carbonyl (C=O) groups is 1. The molecule has 2 aromatic heterocycles. The number of carbonyl (C=O) groups excluding carboxylic acids is 1. The highest BCUT2D eigenvalue weighted by Crippen LogP contribution is 2.25. The summed E-state index contributed by atoms with van der Waals surface area (Å²) < 4.78 is 1.99. The first-order valence-electron chi connectivity index (χ1n) is 8.35. The van der Waals surface area contributed by atoms with Crippen LogP contribution in [0.25, 0.3) is 5.65 Å². The van der Waals surface area contributed by atoms with Gasteiger partial charge in [0.05, 0.1) is 5.56 Å². The van der Waals surface area contributed by atoms with Crippen LogP contribution in [-0.2, 0) is 0 Å². The number of rotatable bonds is 4. The molecule has 3 rings (SSSR count). The first-order chi connectivity index (χ1) is 11.0. The highest BCUT2D eigenvalue weighted by molar-refractivity contribution is 5.94. The highest BCUT2D eigenvalue weighted by Gasteiger charge is 2.26. The second kappa shape index (κ2) is 6.28. The fourth-order valence-corrected chi connectivity index (χ4v) is 3.37. The van der Waals surface area contributed by atoms with Crippen LogP contribution in [0.2, 0.25) is 0 Å². The normalized spacial score (nSPS) is 18.9. The highest BCUT2D eigenvalue weighted by atomic mass is 16.2. The third-order valence-corrected chi connectivity index (χ3v) is 4.66. The minimum Gasteiger partial charge on any atom is -0.336 e. The summed E-state index contributed by atoms with van der Waals surface area (Å²) in [6.07, 6.45) is 2.99. The zero-order chi connectivity index (χ0) is 16.6. The van der Waals surface area contributed by atoms with Gasteiger partial charge in [-0.15, -0.1) is 10.2 Å². The van der Waals surface area contributed by atoms with Crippen molar-refractivity contribution in [1.29, 1.82) is 0 Å². The average molecular weight is 315 g/mol. The van der Waals surface area contributed by atoms with Gasteiger partial charge in [0.15, 0.2) is 5.65 Å². The number of likely N-dealkylation sites (tertiary alicyclic amines) is 1. The SMILES string of the molecule is CCN(C(=O)c1ccc2nnc([C@H]3CCN(C)C3)n2c1)C(C)C. The maximum Gasteiger partial charge on any atom is 0.255 e. The van der Waals surface area contributed by atoms with Crippen molar-refractivity contribution in [2.24, 2.45) is 0 Å². The molecule has 0 bridgehead atoms. The lowest BCUT2D eigenvalue weighted by atomic mass is 10.1. The molecule has 1 saturated heterocycles.